The molecule has 44 heavy (non-hydrogen) atoms. The molecule has 5 rings (SSSR count). The summed E-state index contributed by atoms with van der Waals surface area (Å²) in [7, 11) is 1.70. The number of carbonyl (C=O) groups is 2. The fourth-order valence-electron chi connectivity index (χ4n) is 6.91. The standard InChI is InChI=1S/C36H43FINO5/c1-7-43-30-16-23(15-25(38)34(30)44-21-22-9-11-24(37)12-10-22)31-32-26(17-35(2,3)19-28(32)40)39(13-8-14-42-6)27-18-36(4,5)20-29(41)33(27)31/h9-12,15-16,31H,7-8,13-14,17-21H2,1-6H3. The van der Waals surface area contributed by atoms with Crippen LogP contribution in [0.3, 0.4) is 0 Å². The number of benzene rings is 2. The van der Waals surface area contributed by atoms with Crippen molar-refractivity contribution in [3.63, 3.8) is 0 Å². The molecule has 0 aromatic heterocycles. The lowest BCUT2D eigenvalue weighted by molar-refractivity contribution is -0.119. The molecule has 0 amide bonds. The number of allylic oxidation sites excluding steroid dienone is 4. The van der Waals surface area contributed by atoms with Gasteiger partial charge in [-0.3, -0.25) is 9.59 Å². The van der Waals surface area contributed by atoms with Crippen LogP contribution in [0.4, 0.5) is 4.39 Å². The maximum Gasteiger partial charge on any atom is 0.174 e. The zero-order chi connectivity index (χ0) is 31.8. The molecule has 1 aliphatic heterocycles. The highest BCUT2D eigenvalue weighted by Gasteiger charge is 2.49. The predicted molar refractivity (Wildman–Crippen MR) is 177 cm³/mol. The van der Waals surface area contributed by atoms with E-state index in [2.05, 4.69) is 55.2 Å². The van der Waals surface area contributed by atoms with Gasteiger partial charge in [-0.2, -0.15) is 0 Å². The van der Waals surface area contributed by atoms with Gasteiger partial charge in [0, 0.05) is 61.6 Å². The maximum atomic E-state index is 14.1. The van der Waals surface area contributed by atoms with Crippen LogP contribution in [-0.4, -0.2) is 43.3 Å². The summed E-state index contributed by atoms with van der Waals surface area (Å²) in [5.74, 6) is 0.600. The third kappa shape index (κ3) is 6.76. The number of Topliss-reactive ketones (excluding diaryl/α,β-unsaturated/α-hetero) is 2. The van der Waals surface area contributed by atoms with E-state index >= 15 is 0 Å². The average Bonchev–Trinajstić information content (AvgIpc) is 2.92. The molecule has 236 valence electrons. The second-order valence-electron chi connectivity index (χ2n) is 13.7. The van der Waals surface area contributed by atoms with Crippen molar-refractivity contribution >= 4 is 34.2 Å². The van der Waals surface area contributed by atoms with Crippen molar-refractivity contribution < 1.29 is 28.2 Å². The molecule has 0 saturated heterocycles. The Kier molecular flexibility index (Phi) is 9.61. The topological polar surface area (TPSA) is 65.1 Å². The molecule has 0 bridgehead atoms. The van der Waals surface area contributed by atoms with Crippen molar-refractivity contribution in [3.8, 4) is 11.5 Å². The Morgan fingerprint density at radius 1 is 0.909 bits per heavy atom. The Hall–Kier alpha value is -2.72. The smallest absolute Gasteiger partial charge is 0.174 e. The van der Waals surface area contributed by atoms with Crippen LogP contribution >= 0.6 is 22.6 Å². The predicted octanol–water partition coefficient (Wildman–Crippen LogP) is 8.13. The van der Waals surface area contributed by atoms with Crippen molar-refractivity contribution in [1.29, 1.82) is 0 Å². The first-order chi connectivity index (χ1) is 20.8. The second kappa shape index (κ2) is 12.9. The molecule has 8 heteroatoms. The van der Waals surface area contributed by atoms with Crippen molar-refractivity contribution in [3.05, 3.63) is 79.5 Å². The van der Waals surface area contributed by atoms with Gasteiger partial charge in [-0.05, 0) is 95.0 Å². The first kappa shape index (κ1) is 32.7. The summed E-state index contributed by atoms with van der Waals surface area (Å²) in [4.78, 5) is 30.6. The van der Waals surface area contributed by atoms with Crippen LogP contribution in [-0.2, 0) is 20.9 Å². The average molecular weight is 716 g/mol. The fraction of sp³-hybridized carbons (Fsp3) is 0.500. The Morgan fingerprint density at radius 2 is 1.50 bits per heavy atom. The molecule has 3 aliphatic rings. The molecular weight excluding hydrogens is 672 g/mol. The summed E-state index contributed by atoms with van der Waals surface area (Å²) in [5.41, 5.74) is 4.90. The summed E-state index contributed by atoms with van der Waals surface area (Å²) in [6, 6.07) is 10.2. The molecule has 0 unspecified atom stereocenters. The van der Waals surface area contributed by atoms with Gasteiger partial charge in [0.25, 0.3) is 0 Å². The Balaban J connectivity index is 1.65. The van der Waals surface area contributed by atoms with E-state index in [0.717, 1.165) is 56.5 Å². The van der Waals surface area contributed by atoms with Gasteiger partial charge >= 0.3 is 0 Å². The zero-order valence-electron chi connectivity index (χ0n) is 26.6. The molecule has 6 nitrogen and oxygen atoms in total. The monoisotopic (exact) mass is 715 g/mol. The Morgan fingerprint density at radius 3 is 2.05 bits per heavy atom. The first-order valence-electron chi connectivity index (χ1n) is 15.5. The first-order valence-corrected chi connectivity index (χ1v) is 16.5. The van der Waals surface area contributed by atoms with Crippen molar-refractivity contribution in [2.75, 3.05) is 26.9 Å². The van der Waals surface area contributed by atoms with Crippen molar-refractivity contribution in [2.45, 2.75) is 79.2 Å². The normalized spacial score (nSPS) is 19.7. The van der Waals surface area contributed by atoms with Crippen LogP contribution in [0.5, 0.6) is 11.5 Å². The zero-order valence-corrected chi connectivity index (χ0v) is 28.8. The van der Waals surface area contributed by atoms with Gasteiger partial charge in [-0.15, -0.1) is 0 Å². The summed E-state index contributed by atoms with van der Waals surface area (Å²) < 4.78 is 32.0. The molecule has 2 aromatic carbocycles. The summed E-state index contributed by atoms with van der Waals surface area (Å²) in [6.07, 6.45) is 3.19. The molecule has 0 saturated carbocycles. The van der Waals surface area contributed by atoms with E-state index in [-0.39, 0.29) is 34.8 Å². The lowest BCUT2D eigenvalue weighted by Crippen LogP contribution is -2.44. The minimum absolute atomic E-state index is 0.103. The quantitative estimate of drug-likeness (QED) is 0.183. The van der Waals surface area contributed by atoms with Gasteiger partial charge in [0.05, 0.1) is 10.2 Å². The molecule has 0 spiro atoms. The van der Waals surface area contributed by atoms with Crippen LogP contribution in [0, 0.1) is 20.2 Å². The second-order valence-corrected chi connectivity index (χ2v) is 14.9. The minimum Gasteiger partial charge on any atom is -0.490 e. The lowest BCUT2D eigenvalue weighted by atomic mass is 9.63. The van der Waals surface area contributed by atoms with E-state index in [9.17, 15) is 14.0 Å². The third-order valence-corrected chi connectivity index (χ3v) is 9.51. The van der Waals surface area contributed by atoms with E-state index in [0.29, 0.717) is 44.1 Å². The summed E-state index contributed by atoms with van der Waals surface area (Å²) in [5, 5.41) is 0. The summed E-state index contributed by atoms with van der Waals surface area (Å²) >= 11 is 2.25. The Bertz CT molecular complexity index is 1450. The van der Waals surface area contributed by atoms with E-state index in [4.69, 9.17) is 14.2 Å². The Labute approximate surface area is 274 Å². The highest BCUT2D eigenvalue weighted by molar-refractivity contribution is 14.1. The van der Waals surface area contributed by atoms with Crippen LogP contribution in [0.25, 0.3) is 0 Å². The third-order valence-electron chi connectivity index (χ3n) is 8.71. The molecule has 0 radical (unpaired) electrons. The summed E-state index contributed by atoms with van der Waals surface area (Å²) in [6.45, 7) is 12.5. The van der Waals surface area contributed by atoms with Crippen molar-refractivity contribution in [1.82, 2.24) is 4.90 Å². The number of methoxy groups -OCH3 is 1. The molecule has 0 N–H and O–H groups in total. The molecule has 0 atom stereocenters. The van der Waals surface area contributed by atoms with Gasteiger partial charge < -0.3 is 19.1 Å². The van der Waals surface area contributed by atoms with E-state index < -0.39 is 5.92 Å². The number of hydrogen-bond donors (Lipinski definition) is 0. The van der Waals surface area contributed by atoms with Gasteiger partial charge in [0.15, 0.2) is 23.1 Å². The number of nitrogens with zero attached hydrogens (tertiary/aromatic N) is 1. The lowest BCUT2D eigenvalue weighted by Gasteiger charge is -2.49. The van der Waals surface area contributed by atoms with Crippen LogP contribution in [0.15, 0.2) is 58.9 Å². The van der Waals surface area contributed by atoms with E-state index in [1.165, 1.54) is 12.1 Å². The van der Waals surface area contributed by atoms with Gasteiger partial charge in [0.1, 0.15) is 12.4 Å². The van der Waals surface area contributed by atoms with Crippen LogP contribution in [0.1, 0.15) is 83.8 Å². The molecule has 1 heterocycles. The maximum absolute atomic E-state index is 14.1. The minimum atomic E-state index is -0.468. The van der Waals surface area contributed by atoms with Crippen LogP contribution < -0.4 is 9.47 Å². The SMILES string of the molecule is CCOc1cc(C2C3=C(CC(C)(C)CC3=O)N(CCCOC)C3=C2C(=O)CC(C)(C)C3)cc(I)c1OCc1ccc(F)cc1. The highest BCUT2D eigenvalue weighted by atomic mass is 127. The highest BCUT2D eigenvalue weighted by Crippen LogP contribution is 2.55. The van der Waals surface area contributed by atoms with E-state index in [1.54, 1.807) is 19.2 Å². The largest absolute Gasteiger partial charge is 0.490 e. The fourth-order valence-corrected chi connectivity index (χ4v) is 7.69. The number of carbonyl (C=O) groups excluding carboxylic acids is 2. The van der Waals surface area contributed by atoms with Crippen molar-refractivity contribution in [2.24, 2.45) is 10.8 Å². The number of hydrogen-bond acceptors (Lipinski definition) is 6. The van der Waals surface area contributed by atoms with Gasteiger partial charge in [-0.25, -0.2) is 4.39 Å². The van der Waals surface area contributed by atoms with Gasteiger partial charge in [-0.1, -0.05) is 39.8 Å². The number of halogens is 2. The number of rotatable bonds is 10. The number of ether oxygens (including phenoxy) is 3. The van der Waals surface area contributed by atoms with E-state index in [1.807, 2.05) is 19.1 Å². The van der Waals surface area contributed by atoms with Gasteiger partial charge in [0.2, 0.25) is 0 Å². The molecule has 2 aliphatic carbocycles. The number of ketones is 2. The van der Waals surface area contributed by atoms with Crippen LogP contribution in [0.2, 0.25) is 0 Å². The molecular formula is C36H43FINO5. The molecule has 2 aromatic rings. The molecule has 0 fully saturated rings.